The maximum Gasteiger partial charge on any atom is 0.191 e. The highest BCUT2D eigenvalue weighted by Crippen LogP contribution is 3.76. The average molecular weight is 119 g/mol. The Kier molecular flexibility index (Phi) is 0.107. The van der Waals surface area contributed by atoms with Gasteiger partial charge < -0.3 is 0 Å². The summed E-state index contributed by atoms with van der Waals surface area (Å²) in [6.45, 7) is 0.407. The lowest BCUT2D eigenvalue weighted by Crippen LogP contribution is -1.78. The standard InChI is InChI=1S/C2H2P3/c1-3-2-4(1)5(1,2)3/h1-2H/q+1. The van der Waals surface area contributed by atoms with E-state index in [2.05, 4.69) is 0 Å². The summed E-state index contributed by atoms with van der Waals surface area (Å²) >= 11 is 0. The molecule has 0 amide bonds. The highest BCUT2D eigenvalue weighted by atomic mass is 32.7. The van der Waals surface area contributed by atoms with E-state index in [4.69, 9.17) is 0 Å². The molecule has 4 aliphatic heterocycles. The van der Waals surface area contributed by atoms with Crippen molar-refractivity contribution < 1.29 is 0 Å². The number of rotatable bonds is 0. The Morgan fingerprint density at radius 2 is 1.40 bits per heavy atom. The van der Waals surface area contributed by atoms with Crippen molar-refractivity contribution >= 4 is 21.9 Å². The van der Waals surface area contributed by atoms with Crippen LogP contribution in [0.5, 0.6) is 0 Å². The molecule has 0 bridgehead atoms. The molecule has 0 saturated carbocycles. The van der Waals surface area contributed by atoms with Gasteiger partial charge in [0, 0.05) is 0 Å². The molecular weight excluding hydrogens is 117 g/mol. The molecule has 4 rings (SSSR count). The highest BCUT2D eigenvalue weighted by Gasteiger charge is 3.39. The fourth-order valence-corrected chi connectivity index (χ4v) is 41.1. The minimum atomic E-state index is 0.407. The molecule has 0 nitrogen and oxygen atoms in total. The minimum Gasteiger partial charge on any atom is 0.108 e. The smallest absolute Gasteiger partial charge is 0.108 e. The van der Waals surface area contributed by atoms with Crippen LogP contribution in [0.2, 0.25) is 0 Å². The third-order valence-electron chi connectivity index (χ3n) is 2.15. The first-order chi connectivity index (χ1) is 2.49. The van der Waals surface area contributed by atoms with Gasteiger partial charge in [-0.25, -0.2) is 0 Å². The molecule has 4 aliphatic rings. The fourth-order valence-electron chi connectivity index (χ4n) is 1.47. The summed E-state index contributed by atoms with van der Waals surface area (Å²) in [5.74, 6) is 0. The van der Waals surface area contributed by atoms with Gasteiger partial charge in [0.15, 0.2) is 25.5 Å². The fraction of sp³-hybridized carbons (Fsp3) is 1.00. The van der Waals surface area contributed by atoms with Gasteiger partial charge in [0.1, 0.15) is 6.64 Å². The van der Waals surface area contributed by atoms with Crippen LogP contribution in [0.3, 0.4) is 0 Å². The second kappa shape index (κ2) is 0.262. The van der Waals surface area contributed by atoms with Gasteiger partial charge in [0.05, 0.1) is 0 Å². The maximum absolute atomic E-state index is 1.59. The van der Waals surface area contributed by atoms with Crippen LogP contribution >= 0.6 is 21.9 Å². The molecule has 4 fully saturated rings. The monoisotopic (exact) mass is 119 g/mol. The third kappa shape index (κ3) is 0.0517. The summed E-state index contributed by atoms with van der Waals surface area (Å²) in [6.07, 6.45) is 0. The summed E-state index contributed by atoms with van der Waals surface area (Å²) in [5, 5.41) is 3.19. The molecule has 0 aliphatic carbocycles. The number of hydrogen-bond acceptors (Lipinski definition) is 0. The van der Waals surface area contributed by atoms with E-state index >= 15 is 0 Å². The Morgan fingerprint density at radius 1 is 1.20 bits per heavy atom. The second-order valence-electron chi connectivity index (χ2n) is 2.15. The quantitative estimate of drug-likeness (QED) is 0.429. The molecule has 24 valence electrons. The van der Waals surface area contributed by atoms with Gasteiger partial charge in [0.2, 0.25) is 0 Å². The average Bonchev–Trinajstić information content (AvgIpc) is 1.26. The van der Waals surface area contributed by atoms with E-state index < -0.39 is 0 Å². The zero-order chi connectivity index (χ0) is 2.81. The van der Waals surface area contributed by atoms with Crippen LogP contribution in [0.1, 0.15) is 0 Å². The summed E-state index contributed by atoms with van der Waals surface area (Å²) in [5.41, 5.74) is 0. The van der Waals surface area contributed by atoms with Gasteiger partial charge in [0.25, 0.3) is 0 Å². The molecule has 0 aromatic rings. The van der Waals surface area contributed by atoms with E-state index in [1.54, 1.807) is 10.3 Å². The molecule has 0 aromatic carbocycles. The maximum atomic E-state index is 1.59. The van der Waals surface area contributed by atoms with Crippen LogP contribution in [-0.4, -0.2) is 10.3 Å². The third-order valence-corrected chi connectivity index (χ3v) is 30.5. The second-order valence-corrected chi connectivity index (χ2v) is 18.3. The molecule has 1 spiro atoms. The van der Waals surface area contributed by atoms with Gasteiger partial charge >= 0.3 is 0 Å². The lowest BCUT2D eigenvalue weighted by molar-refractivity contribution is 1.79. The molecule has 0 unspecified atom stereocenters. The van der Waals surface area contributed by atoms with Crippen LogP contribution in [0.25, 0.3) is 0 Å². The topological polar surface area (TPSA) is 0 Å². The van der Waals surface area contributed by atoms with Crippen molar-refractivity contribution in [1.82, 2.24) is 0 Å². The molecular formula is C2H2P3+. The van der Waals surface area contributed by atoms with Gasteiger partial charge in [-0.1, -0.05) is 0 Å². The normalized spacial score (nSPS) is 125. The molecule has 0 radical (unpaired) electrons. The van der Waals surface area contributed by atoms with Crippen molar-refractivity contribution in [3.8, 4) is 0 Å². The van der Waals surface area contributed by atoms with Gasteiger partial charge in [-0.05, 0) is 0 Å². The van der Waals surface area contributed by atoms with E-state index in [-0.39, 0.29) is 0 Å². The van der Waals surface area contributed by atoms with Crippen LogP contribution in [0, 0.1) is 0 Å². The van der Waals surface area contributed by atoms with E-state index in [1.807, 2.05) is 0 Å². The Balaban J connectivity index is 2.71. The Bertz CT molecular complexity index is 107. The first-order valence-corrected chi connectivity index (χ1v) is 8.25. The Morgan fingerprint density at radius 3 is 1.40 bits per heavy atom. The van der Waals surface area contributed by atoms with E-state index in [9.17, 15) is 0 Å². The molecule has 5 heavy (non-hydrogen) atoms. The van der Waals surface area contributed by atoms with Crippen molar-refractivity contribution in [2.75, 3.05) is 0 Å². The van der Waals surface area contributed by atoms with Crippen LogP contribution < -0.4 is 0 Å². The van der Waals surface area contributed by atoms with Gasteiger partial charge in [-0.3, -0.25) is 0 Å². The van der Waals surface area contributed by atoms with E-state index in [0.29, 0.717) is 6.64 Å². The molecule has 4 heterocycles. The Hall–Kier alpha value is 1.29. The lowest BCUT2D eigenvalue weighted by atomic mass is 11.7. The summed E-state index contributed by atoms with van der Waals surface area (Å²) < 4.78 is 0. The molecule has 3 heteroatoms. The van der Waals surface area contributed by atoms with E-state index in [1.165, 1.54) is 0 Å². The zero-order valence-corrected chi connectivity index (χ0v) is 5.18. The first-order valence-electron chi connectivity index (χ1n) is 1.95. The van der Waals surface area contributed by atoms with Crippen molar-refractivity contribution in [2.24, 2.45) is 0 Å². The number of fused-ring (bicyclic) bond motifs is 4. The van der Waals surface area contributed by atoms with Crippen LogP contribution in [0.4, 0.5) is 0 Å². The number of hydrogen-bond donors (Lipinski definition) is 0. The predicted octanol–water partition coefficient (Wildman–Crippen LogP) is 2.42. The minimum absolute atomic E-state index is 0.407. The first kappa shape index (κ1) is 2.04. The summed E-state index contributed by atoms with van der Waals surface area (Å²) in [4.78, 5) is 0. The van der Waals surface area contributed by atoms with Gasteiger partial charge in [-0.15, -0.1) is 0 Å². The lowest BCUT2D eigenvalue weighted by Gasteiger charge is -1.82. The summed E-state index contributed by atoms with van der Waals surface area (Å²) in [6, 6.07) is 0. The molecule has 0 aromatic heterocycles. The van der Waals surface area contributed by atoms with Crippen molar-refractivity contribution in [3.63, 3.8) is 0 Å². The van der Waals surface area contributed by atoms with Crippen molar-refractivity contribution in [3.05, 3.63) is 0 Å². The molecule has 0 atom stereocenters. The molecule has 0 N–H and O–H groups in total. The molecule has 4 saturated heterocycles. The summed E-state index contributed by atoms with van der Waals surface area (Å²) in [7, 11) is 2.02. The zero-order valence-electron chi connectivity index (χ0n) is 2.50. The predicted molar refractivity (Wildman–Crippen MR) is 28.3 cm³/mol. The highest BCUT2D eigenvalue weighted by molar-refractivity contribution is 9.24. The van der Waals surface area contributed by atoms with Crippen molar-refractivity contribution in [1.29, 1.82) is 0 Å². The van der Waals surface area contributed by atoms with Crippen LogP contribution in [-0.2, 0) is 0 Å². The van der Waals surface area contributed by atoms with E-state index in [0.717, 1.165) is 15.2 Å². The largest absolute Gasteiger partial charge is 0.191 e. The SMILES string of the molecule is C12P3C4P1[P+]243. The van der Waals surface area contributed by atoms with Crippen molar-refractivity contribution in [2.45, 2.75) is 10.3 Å². The Labute approximate surface area is 33.0 Å². The van der Waals surface area contributed by atoms with Crippen LogP contribution in [0.15, 0.2) is 0 Å². The van der Waals surface area contributed by atoms with Gasteiger partial charge in [-0.2, -0.15) is 0 Å².